The number of benzene rings is 2. The van der Waals surface area contributed by atoms with Crippen molar-refractivity contribution in [3.05, 3.63) is 69.7 Å². The number of pyridine rings is 1. The fraction of sp³-hybridized carbons (Fsp3) is 0.105. The van der Waals surface area contributed by atoms with Crippen LogP contribution in [-0.2, 0) is 13.2 Å². The first kappa shape index (κ1) is 19.5. The van der Waals surface area contributed by atoms with Gasteiger partial charge < -0.3 is 9.55 Å². The summed E-state index contributed by atoms with van der Waals surface area (Å²) < 4.78 is 40.0. The Balaban J connectivity index is 1.97. The standard InChI is InChI=1S/C19H12ClF3N4OS/c1-27-17(19(21,22)23)25-26-18(27)29-15-14(10-5-3-2-4-6-10)12-9-11(20)7-8-13(12)24-16(15)28/h2-9H,1H3,(H,24,28). The molecular weight excluding hydrogens is 425 g/mol. The van der Waals surface area contributed by atoms with Gasteiger partial charge in [-0.05, 0) is 35.5 Å². The highest BCUT2D eigenvalue weighted by Gasteiger charge is 2.37. The fourth-order valence-corrected chi connectivity index (χ4v) is 4.11. The molecular formula is C19H12ClF3N4OS. The van der Waals surface area contributed by atoms with Gasteiger partial charge in [-0.2, -0.15) is 13.2 Å². The molecule has 148 valence electrons. The summed E-state index contributed by atoms with van der Waals surface area (Å²) >= 11 is 6.98. The van der Waals surface area contributed by atoms with Crippen LogP contribution in [-0.4, -0.2) is 19.7 Å². The second kappa shape index (κ2) is 7.23. The molecule has 4 rings (SSSR count). The minimum atomic E-state index is -4.65. The summed E-state index contributed by atoms with van der Waals surface area (Å²) in [6.07, 6.45) is -4.65. The molecule has 0 fully saturated rings. The van der Waals surface area contributed by atoms with Gasteiger partial charge in [0.2, 0.25) is 5.82 Å². The smallest absolute Gasteiger partial charge is 0.321 e. The quantitative estimate of drug-likeness (QED) is 0.482. The van der Waals surface area contributed by atoms with Crippen LogP contribution in [0.25, 0.3) is 22.0 Å². The van der Waals surface area contributed by atoms with E-state index >= 15 is 0 Å². The predicted molar refractivity (Wildman–Crippen MR) is 105 cm³/mol. The molecule has 0 atom stereocenters. The second-order valence-electron chi connectivity index (χ2n) is 6.18. The molecule has 4 aromatic rings. The van der Waals surface area contributed by atoms with Crippen LogP contribution >= 0.6 is 23.4 Å². The molecule has 0 bridgehead atoms. The summed E-state index contributed by atoms with van der Waals surface area (Å²) in [6.45, 7) is 0. The van der Waals surface area contributed by atoms with Crippen LogP contribution < -0.4 is 5.56 Å². The van der Waals surface area contributed by atoms with Crippen molar-refractivity contribution in [3.63, 3.8) is 0 Å². The van der Waals surface area contributed by atoms with Crippen molar-refractivity contribution in [2.24, 2.45) is 7.05 Å². The molecule has 2 aromatic carbocycles. The number of nitrogens with one attached hydrogen (secondary N) is 1. The van der Waals surface area contributed by atoms with Crippen LogP contribution in [0, 0.1) is 0 Å². The molecule has 0 spiro atoms. The molecule has 29 heavy (non-hydrogen) atoms. The van der Waals surface area contributed by atoms with Crippen LogP contribution in [0.15, 0.2) is 63.4 Å². The zero-order valence-corrected chi connectivity index (χ0v) is 16.4. The summed E-state index contributed by atoms with van der Waals surface area (Å²) in [7, 11) is 1.21. The van der Waals surface area contributed by atoms with Crippen LogP contribution in [0.4, 0.5) is 13.2 Å². The molecule has 0 aliphatic rings. The number of alkyl halides is 3. The van der Waals surface area contributed by atoms with E-state index in [1.54, 1.807) is 18.2 Å². The van der Waals surface area contributed by atoms with Crippen LogP contribution in [0.5, 0.6) is 0 Å². The van der Waals surface area contributed by atoms with Crippen molar-refractivity contribution < 1.29 is 13.2 Å². The molecule has 0 aliphatic carbocycles. The molecule has 0 saturated heterocycles. The zero-order chi connectivity index (χ0) is 20.8. The van der Waals surface area contributed by atoms with Crippen LogP contribution in [0.1, 0.15) is 5.82 Å². The third-order valence-electron chi connectivity index (χ3n) is 4.28. The van der Waals surface area contributed by atoms with E-state index < -0.39 is 17.6 Å². The molecule has 0 aliphatic heterocycles. The first-order valence-corrected chi connectivity index (χ1v) is 9.50. The lowest BCUT2D eigenvalue weighted by molar-refractivity contribution is -0.147. The normalized spacial score (nSPS) is 11.9. The number of halogens is 4. The molecule has 5 nitrogen and oxygen atoms in total. The minimum absolute atomic E-state index is 0.0543. The zero-order valence-electron chi connectivity index (χ0n) is 14.8. The van der Waals surface area contributed by atoms with E-state index in [4.69, 9.17) is 11.6 Å². The minimum Gasteiger partial charge on any atom is -0.321 e. The molecule has 0 radical (unpaired) electrons. The average molecular weight is 437 g/mol. The van der Waals surface area contributed by atoms with Crippen molar-refractivity contribution in [2.75, 3.05) is 0 Å². The van der Waals surface area contributed by atoms with E-state index in [1.807, 2.05) is 30.3 Å². The molecule has 0 unspecified atom stereocenters. The monoisotopic (exact) mass is 436 g/mol. The van der Waals surface area contributed by atoms with E-state index in [-0.39, 0.29) is 10.1 Å². The number of hydrogen-bond donors (Lipinski definition) is 1. The number of hydrogen-bond acceptors (Lipinski definition) is 4. The van der Waals surface area contributed by atoms with Gasteiger partial charge in [-0.25, -0.2) is 0 Å². The Morgan fingerprint density at radius 3 is 2.48 bits per heavy atom. The first-order chi connectivity index (χ1) is 13.8. The molecule has 10 heteroatoms. The van der Waals surface area contributed by atoms with Gasteiger partial charge in [-0.3, -0.25) is 4.79 Å². The maximum atomic E-state index is 13.1. The summed E-state index contributed by atoms with van der Waals surface area (Å²) in [5.74, 6) is -1.14. The van der Waals surface area contributed by atoms with Gasteiger partial charge in [0.25, 0.3) is 5.56 Å². The SMILES string of the molecule is Cn1c(Sc2c(-c3ccccc3)c3cc(Cl)ccc3[nH]c2=O)nnc1C(F)(F)F. The maximum Gasteiger partial charge on any atom is 0.451 e. The Labute approximate surface area is 171 Å². The number of aromatic amines is 1. The summed E-state index contributed by atoms with van der Waals surface area (Å²) in [5, 5.41) is 7.94. The Morgan fingerprint density at radius 1 is 1.10 bits per heavy atom. The van der Waals surface area contributed by atoms with Gasteiger partial charge >= 0.3 is 6.18 Å². The number of rotatable bonds is 3. The van der Waals surface area contributed by atoms with E-state index in [9.17, 15) is 18.0 Å². The number of fused-ring (bicyclic) bond motifs is 1. The third-order valence-corrected chi connectivity index (χ3v) is 5.64. The number of H-pyrrole nitrogens is 1. The van der Waals surface area contributed by atoms with Gasteiger partial charge in [0.05, 0.1) is 4.90 Å². The largest absolute Gasteiger partial charge is 0.451 e. The highest BCUT2D eigenvalue weighted by Crippen LogP contribution is 2.39. The van der Waals surface area contributed by atoms with E-state index in [0.29, 0.717) is 21.5 Å². The predicted octanol–water partition coefficient (Wildman–Crippen LogP) is 5.15. The first-order valence-electron chi connectivity index (χ1n) is 8.31. The summed E-state index contributed by atoms with van der Waals surface area (Å²) in [4.78, 5) is 15.8. The fourth-order valence-electron chi connectivity index (χ4n) is 2.98. The van der Waals surface area contributed by atoms with Crippen molar-refractivity contribution in [1.82, 2.24) is 19.7 Å². The topological polar surface area (TPSA) is 63.6 Å². The van der Waals surface area contributed by atoms with Crippen LogP contribution in [0.2, 0.25) is 5.02 Å². The van der Waals surface area contributed by atoms with Gasteiger partial charge in [0.1, 0.15) is 0 Å². The maximum absolute atomic E-state index is 13.1. The van der Waals surface area contributed by atoms with E-state index in [1.165, 1.54) is 7.05 Å². The number of aromatic nitrogens is 4. The lowest BCUT2D eigenvalue weighted by Crippen LogP contribution is -2.14. The highest BCUT2D eigenvalue weighted by molar-refractivity contribution is 7.99. The molecule has 2 heterocycles. The Bertz CT molecular complexity index is 1270. The molecule has 0 amide bonds. The second-order valence-corrected chi connectivity index (χ2v) is 7.59. The van der Waals surface area contributed by atoms with Crippen LogP contribution in [0.3, 0.4) is 0 Å². The van der Waals surface area contributed by atoms with E-state index in [0.717, 1.165) is 21.9 Å². The molecule has 1 N–H and O–H groups in total. The lowest BCUT2D eigenvalue weighted by Gasteiger charge is -2.13. The number of nitrogens with zero attached hydrogens (tertiary/aromatic N) is 3. The Morgan fingerprint density at radius 2 is 1.83 bits per heavy atom. The van der Waals surface area contributed by atoms with Crippen molar-refractivity contribution in [2.45, 2.75) is 16.2 Å². The van der Waals surface area contributed by atoms with Crippen molar-refractivity contribution in [3.8, 4) is 11.1 Å². The highest BCUT2D eigenvalue weighted by atomic mass is 35.5. The Kier molecular flexibility index (Phi) is 4.87. The van der Waals surface area contributed by atoms with Gasteiger partial charge in [0.15, 0.2) is 5.16 Å². The van der Waals surface area contributed by atoms with Gasteiger partial charge in [0, 0.05) is 28.5 Å². The van der Waals surface area contributed by atoms with E-state index in [2.05, 4.69) is 15.2 Å². The third kappa shape index (κ3) is 3.63. The van der Waals surface area contributed by atoms with Crippen molar-refractivity contribution >= 4 is 34.3 Å². The van der Waals surface area contributed by atoms with Gasteiger partial charge in [-0.15, -0.1) is 10.2 Å². The summed E-state index contributed by atoms with van der Waals surface area (Å²) in [6, 6.07) is 14.1. The average Bonchev–Trinajstić information content (AvgIpc) is 3.04. The van der Waals surface area contributed by atoms with Gasteiger partial charge in [-0.1, -0.05) is 41.9 Å². The molecule has 0 saturated carbocycles. The Hall–Kier alpha value is -2.78. The van der Waals surface area contributed by atoms with Crippen molar-refractivity contribution in [1.29, 1.82) is 0 Å². The summed E-state index contributed by atoms with van der Waals surface area (Å²) in [5.41, 5.74) is 1.41. The lowest BCUT2D eigenvalue weighted by atomic mass is 10.0. The molecule has 2 aromatic heterocycles.